The van der Waals surface area contributed by atoms with Gasteiger partial charge in [-0.3, -0.25) is 9.69 Å². The molecule has 0 bridgehead atoms. The molecule has 11 nitrogen and oxygen atoms in total. The van der Waals surface area contributed by atoms with Crippen molar-refractivity contribution in [2.24, 2.45) is 0 Å². The van der Waals surface area contributed by atoms with Crippen LogP contribution in [-0.2, 0) is 12.7 Å². The number of ether oxygens (including phenoxy) is 1. The fraction of sp³-hybridized carbons (Fsp3) is 0.407. The van der Waals surface area contributed by atoms with Crippen molar-refractivity contribution in [2.45, 2.75) is 26.6 Å². The van der Waals surface area contributed by atoms with Gasteiger partial charge in [-0.05, 0) is 37.2 Å². The molecule has 0 unspecified atom stereocenters. The number of H-pyrrole nitrogens is 1. The number of nitrogens with one attached hydrogen (secondary N) is 3. The Morgan fingerprint density at radius 2 is 1.71 bits per heavy atom. The summed E-state index contributed by atoms with van der Waals surface area (Å²) in [5, 5.41) is 13.5. The Labute approximate surface area is 275 Å². The monoisotopic (exact) mass is 701 g/mol. The van der Waals surface area contributed by atoms with E-state index in [-0.39, 0.29) is 85.5 Å². The molecule has 3 heterocycles. The number of benzene rings is 1. The Balaban J connectivity index is 0.00000337. The number of rotatable bonds is 9. The summed E-state index contributed by atoms with van der Waals surface area (Å²) in [6, 6.07) is 1.81. The first-order valence-electron chi connectivity index (χ1n) is 13.2. The first-order chi connectivity index (χ1) is 20.0. The number of aliphatic hydroxyl groups is 1. The van der Waals surface area contributed by atoms with Crippen molar-refractivity contribution in [3.8, 4) is 17.1 Å². The van der Waals surface area contributed by atoms with Gasteiger partial charge < -0.3 is 30.4 Å². The lowest BCUT2D eigenvalue weighted by Crippen LogP contribution is -2.45. The Morgan fingerprint density at radius 3 is 2.31 bits per heavy atom. The summed E-state index contributed by atoms with van der Waals surface area (Å²) < 4.78 is 61.9. The van der Waals surface area contributed by atoms with E-state index in [9.17, 15) is 27.2 Å². The van der Waals surface area contributed by atoms with Crippen LogP contribution in [0.3, 0.4) is 0 Å². The van der Waals surface area contributed by atoms with Gasteiger partial charge >= 0.3 is 12.2 Å². The average Bonchev–Trinajstić information content (AvgIpc) is 2.95. The van der Waals surface area contributed by atoms with E-state index < -0.39 is 34.8 Å². The number of carbonyl (C=O) groups excluding carboxylic acids is 1. The van der Waals surface area contributed by atoms with Gasteiger partial charge in [0, 0.05) is 44.5 Å². The highest BCUT2D eigenvalue weighted by Gasteiger charge is 2.35. The van der Waals surface area contributed by atoms with Gasteiger partial charge in [-0.2, -0.15) is 13.2 Å². The minimum atomic E-state index is -4.76. The molecule has 1 aliphatic heterocycles. The Bertz CT molecular complexity index is 1490. The molecule has 1 fully saturated rings. The number of halogens is 7. The highest BCUT2D eigenvalue weighted by molar-refractivity contribution is 6.00. The molecule has 0 aliphatic carbocycles. The van der Waals surface area contributed by atoms with Crippen molar-refractivity contribution in [3.05, 3.63) is 63.6 Å². The van der Waals surface area contributed by atoms with E-state index in [0.717, 1.165) is 25.7 Å². The molecule has 1 aliphatic rings. The number of hydrogen-bond acceptors (Lipinski definition) is 8. The highest BCUT2D eigenvalue weighted by atomic mass is 35.5. The second-order valence-electron chi connectivity index (χ2n) is 9.62. The van der Waals surface area contributed by atoms with Gasteiger partial charge in [0.15, 0.2) is 11.6 Å². The van der Waals surface area contributed by atoms with Crippen molar-refractivity contribution in [1.82, 2.24) is 24.8 Å². The number of urea groups is 1. The van der Waals surface area contributed by atoms with Crippen LogP contribution in [0.5, 0.6) is 5.75 Å². The summed E-state index contributed by atoms with van der Waals surface area (Å²) in [5.41, 5.74) is -1.57. The van der Waals surface area contributed by atoms with Gasteiger partial charge in [-0.1, -0.05) is 6.92 Å². The smallest absolute Gasteiger partial charge is 0.416 e. The third-order valence-corrected chi connectivity index (χ3v) is 6.76. The predicted molar refractivity (Wildman–Crippen MR) is 169 cm³/mol. The lowest BCUT2D eigenvalue weighted by molar-refractivity contribution is -0.138. The molecule has 4 N–H and O–H groups in total. The number of alkyl halides is 3. The molecule has 2 aromatic heterocycles. The molecule has 3 aromatic rings. The molecule has 4 rings (SSSR count). The predicted octanol–water partition coefficient (Wildman–Crippen LogP) is 4.72. The normalized spacial score (nSPS) is 13.6. The SMILES string of the molecule is CCN1CCN(Cc2cc(F)c(NC(=O)Nc3cnc(-c4c[nH]c(=O)c(OCCO)c4)nc3C)cc2C(F)(F)F)CC1.Cl.Cl.Cl. The first kappa shape index (κ1) is 39.8. The van der Waals surface area contributed by atoms with Crippen LogP contribution in [0.4, 0.5) is 33.7 Å². The summed E-state index contributed by atoms with van der Waals surface area (Å²) >= 11 is 0. The second kappa shape index (κ2) is 17.5. The van der Waals surface area contributed by atoms with Gasteiger partial charge in [0.2, 0.25) is 0 Å². The van der Waals surface area contributed by atoms with Gasteiger partial charge in [-0.25, -0.2) is 19.2 Å². The molecule has 1 aromatic carbocycles. The molecule has 0 atom stereocenters. The highest BCUT2D eigenvalue weighted by Crippen LogP contribution is 2.36. The average molecular weight is 703 g/mol. The van der Waals surface area contributed by atoms with Crippen LogP contribution in [0.2, 0.25) is 0 Å². The number of aromatic nitrogens is 3. The maximum atomic E-state index is 14.9. The van der Waals surface area contributed by atoms with E-state index in [1.54, 1.807) is 6.92 Å². The zero-order valence-corrected chi connectivity index (χ0v) is 26.7. The summed E-state index contributed by atoms with van der Waals surface area (Å²) in [7, 11) is 0. The second-order valence-corrected chi connectivity index (χ2v) is 9.62. The van der Waals surface area contributed by atoms with Gasteiger partial charge in [0.1, 0.15) is 12.4 Å². The van der Waals surface area contributed by atoms with Crippen LogP contribution in [0.15, 0.2) is 35.4 Å². The van der Waals surface area contributed by atoms with Crippen LogP contribution in [0.25, 0.3) is 11.4 Å². The van der Waals surface area contributed by atoms with Gasteiger partial charge in [0.25, 0.3) is 5.56 Å². The minimum Gasteiger partial charge on any atom is -0.485 e. The van der Waals surface area contributed by atoms with E-state index in [2.05, 4.69) is 30.5 Å². The number of hydrogen-bond donors (Lipinski definition) is 4. The molecule has 45 heavy (non-hydrogen) atoms. The number of anilines is 2. The molecule has 18 heteroatoms. The number of amides is 2. The zero-order valence-electron chi connectivity index (χ0n) is 24.2. The van der Waals surface area contributed by atoms with Crippen LogP contribution in [0, 0.1) is 12.7 Å². The van der Waals surface area contributed by atoms with Crippen LogP contribution in [-0.4, -0.2) is 81.8 Å². The fourth-order valence-corrected chi connectivity index (χ4v) is 4.47. The third kappa shape index (κ3) is 10.4. The molecular formula is C27H34Cl3F4N7O4. The Kier molecular flexibility index (Phi) is 15.5. The lowest BCUT2D eigenvalue weighted by atomic mass is 10.0. The quantitative estimate of drug-likeness (QED) is 0.236. The summed E-state index contributed by atoms with van der Waals surface area (Å²) in [6.07, 6.45) is -2.14. The molecule has 0 spiro atoms. The number of carbonyl (C=O) groups is 1. The van der Waals surface area contributed by atoms with E-state index in [1.165, 1.54) is 18.5 Å². The third-order valence-electron chi connectivity index (χ3n) is 6.76. The minimum absolute atomic E-state index is 0. The fourth-order valence-electron chi connectivity index (χ4n) is 4.47. The maximum absolute atomic E-state index is 14.9. The molecule has 250 valence electrons. The van der Waals surface area contributed by atoms with Crippen molar-refractivity contribution < 1.29 is 32.2 Å². The van der Waals surface area contributed by atoms with Crippen LogP contribution >= 0.6 is 37.2 Å². The zero-order chi connectivity index (χ0) is 30.4. The Hall–Kier alpha value is -3.21. The summed E-state index contributed by atoms with van der Waals surface area (Å²) in [6.45, 7) is 6.54. The summed E-state index contributed by atoms with van der Waals surface area (Å²) in [5.74, 6) is -0.869. The van der Waals surface area contributed by atoms with Crippen LogP contribution in [0.1, 0.15) is 23.7 Å². The molecule has 0 radical (unpaired) electrons. The van der Waals surface area contributed by atoms with Crippen LogP contribution < -0.4 is 20.9 Å². The van der Waals surface area contributed by atoms with Crippen molar-refractivity contribution in [2.75, 3.05) is 56.6 Å². The maximum Gasteiger partial charge on any atom is 0.416 e. The van der Waals surface area contributed by atoms with Gasteiger partial charge in [-0.15, -0.1) is 37.2 Å². The number of aliphatic hydroxyl groups excluding tert-OH is 1. The van der Waals surface area contributed by atoms with E-state index in [4.69, 9.17) is 9.84 Å². The standard InChI is InChI=1S/C27H31F4N7O4.3ClH/c1-3-37-4-6-38(7-5-37)15-18-10-20(28)21(12-19(18)27(29,30)31)35-26(41)36-22-14-32-24(34-16(22)2)17-11-23(42-9-8-39)25(40)33-13-17;;;/h10-14,39H,3-9,15H2,1-2H3,(H,33,40)(H2,35,36,41);3*1H. The number of aromatic amines is 1. The molecule has 0 saturated carbocycles. The molecule has 1 saturated heterocycles. The topological polar surface area (TPSA) is 136 Å². The van der Waals surface area contributed by atoms with E-state index in [1.807, 2.05) is 11.8 Å². The number of piperazine rings is 1. The summed E-state index contributed by atoms with van der Waals surface area (Å²) in [4.78, 5) is 39.5. The van der Waals surface area contributed by atoms with Crippen molar-refractivity contribution >= 4 is 54.6 Å². The first-order valence-corrected chi connectivity index (χ1v) is 13.2. The largest absolute Gasteiger partial charge is 0.485 e. The van der Waals surface area contributed by atoms with Gasteiger partial charge in [0.05, 0.1) is 35.4 Å². The number of likely N-dealkylation sites (N-methyl/N-ethyl adjacent to an activating group) is 1. The van der Waals surface area contributed by atoms with Crippen molar-refractivity contribution in [3.63, 3.8) is 0 Å². The lowest BCUT2D eigenvalue weighted by Gasteiger charge is -2.34. The van der Waals surface area contributed by atoms with E-state index in [0.29, 0.717) is 24.7 Å². The number of aryl methyl sites for hydroxylation is 1. The number of nitrogens with zero attached hydrogens (tertiary/aromatic N) is 4. The molecule has 2 amide bonds. The molecular weight excluding hydrogens is 669 g/mol. The van der Waals surface area contributed by atoms with Crippen molar-refractivity contribution in [1.29, 1.82) is 0 Å². The van der Waals surface area contributed by atoms with E-state index >= 15 is 0 Å². The Morgan fingerprint density at radius 1 is 1.07 bits per heavy atom. The number of pyridine rings is 1.